The highest BCUT2D eigenvalue weighted by Gasteiger charge is 2.25. The van der Waals surface area contributed by atoms with E-state index in [0.717, 1.165) is 35.2 Å². The molecule has 6 heteroatoms. The van der Waals surface area contributed by atoms with Gasteiger partial charge in [0.2, 0.25) is 5.91 Å². The fourth-order valence-electron chi connectivity index (χ4n) is 3.21. The van der Waals surface area contributed by atoms with Crippen LogP contribution in [-0.4, -0.2) is 31.7 Å². The summed E-state index contributed by atoms with van der Waals surface area (Å²) >= 11 is 5.17. The number of amides is 1. The summed E-state index contributed by atoms with van der Waals surface area (Å²) in [5, 5.41) is 3.01. The zero-order valence-corrected chi connectivity index (χ0v) is 16.1. The molecule has 4 nitrogen and oxygen atoms in total. The number of rotatable bonds is 4. The van der Waals surface area contributed by atoms with Crippen LogP contribution in [0.5, 0.6) is 0 Å². The molecule has 1 fully saturated rings. The van der Waals surface area contributed by atoms with Gasteiger partial charge in [-0.3, -0.25) is 4.79 Å². The smallest absolute Gasteiger partial charge is 0.240 e. The van der Waals surface area contributed by atoms with E-state index in [1.807, 2.05) is 18.2 Å². The summed E-state index contributed by atoms with van der Waals surface area (Å²) in [4.78, 5) is 13.6. The van der Waals surface area contributed by atoms with Gasteiger partial charge < -0.3 is 14.4 Å². The van der Waals surface area contributed by atoms with Crippen LogP contribution in [0, 0.1) is 0 Å². The molecule has 2 aliphatic rings. The fourth-order valence-corrected chi connectivity index (χ4v) is 4.67. The second-order valence-electron chi connectivity index (χ2n) is 6.22. The topological polar surface area (TPSA) is 41.6 Å². The van der Waals surface area contributed by atoms with Gasteiger partial charge in [-0.25, -0.2) is 0 Å². The number of nitrogens with one attached hydrogen (secondary N) is 1. The number of carbonyl (C=O) groups excluding carboxylic acids is 1. The van der Waals surface area contributed by atoms with Crippen molar-refractivity contribution in [3.05, 3.63) is 46.9 Å². The SMILES string of the molecule is O=C(CN1Sc2ccccc2-c2cc(Br)ccc21)NCC1CCCO1. The highest BCUT2D eigenvalue weighted by atomic mass is 79.9. The third-order valence-corrected chi connectivity index (χ3v) is 6.04. The van der Waals surface area contributed by atoms with Crippen molar-refractivity contribution in [2.45, 2.75) is 23.8 Å². The molecular weight excluding hydrogens is 400 g/mol. The first-order valence-corrected chi connectivity index (χ1v) is 10.00. The Morgan fingerprint density at radius 2 is 2.16 bits per heavy atom. The lowest BCUT2D eigenvalue weighted by molar-refractivity contribution is -0.120. The van der Waals surface area contributed by atoms with Crippen LogP contribution in [0.25, 0.3) is 11.1 Å². The van der Waals surface area contributed by atoms with E-state index in [4.69, 9.17) is 4.74 Å². The van der Waals surface area contributed by atoms with Crippen LogP contribution in [-0.2, 0) is 9.53 Å². The van der Waals surface area contributed by atoms with Crippen LogP contribution >= 0.6 is 27.9 Å². The zero-order valence-electron chi connectivity index (χ0n) is 13.7. The third-order valence-electron chi connectivity index (χ3n) is 4.45. The molecule has 0 bridgehead atoms. The first-order chi connectivity index (χ1) is 12.2. The standard InChI is InChI=1S/C19H19BrN2O2S/c20-13-7-8-17-16(10-13)15-5-1-2-6-18(15)25-22(17)12-19(23)21-11-14-4-3-9-24-14/h1-2,5-8,10,14H,3-4,9,11-12H2,(H,21,23). The van der Waals surface area contributed by atoms with Crippen molar-refractivity contribution in [1.82, 2.24) is 5.32 Å². The second-order valence-corrected chi connectivity index (χ2v) is 8.20. The van der Waals surface area contributed by atoms with Crippen molar-refractivity contribution < 1.29 is 9.53 Å². The first kappa shape index (κ1) is 16.9. The normalized spacial score (nSPS) is 18.6. The molecular formula is C19H19BrN2O2S. The van der Waals surface area contributed by atoms with E-state index in [1.54, 1.807) is 11.9 Å². The number of benzene rings is 2. The Bertz CT molecular complexity index is 793. The molecule has 2 aromatic rings. The van der Waals surface area contributed by atoms with Crippen LogP contribution in [0.3, 0.4) is 0 Å². The molecule has 1 atom stereocenters. The Balaban J connectivity index is 1.52. The Kier molecular flexibility index (Phi) is 5.01. The second kappa shape index (κ2) is 7.40. The van der Waals surface area contributed by atoms with E-state index in [1.165, 1.54) is 10.5 Å². The molecule has 4 rings (SSSR count). The summed E-state index contributed by atoms with van der Waals surface area (Å²) in [5.74, 6) is 0.0243. The van der Waals surface area contributed by atoms with Gasteiger partial charge in [0.25, 0.3) is 0 Å². The molecule has 0 spiro atoms. The van der Waals surface area contributed by atoms with Crippen molar-refractivity contribution in [2.75, 3.05) is 24.0 Å². The maximum atomic E-state index is 12.4. The summed E-state index contributed by atoms with van der Waals surface area (Å²) in [7, 11) is 0. The maximum Gasteiger partial charge on any atom is 0.240 e. The van der Waals surface area contributed by atoms with E-state index in [-0.39, 0.29) is 12.0 Å². The average Bonchev–Trinajstić information content (AvgIpc) is 3.13. The number of ether oxygens (including phenoxy) is 1. The van der Waals surface area contributed by atoms with Crippen molar-refractivity contribution in [3.8, 4) is 11.1 Å². The quantitative estimate of drug-likeness (QED) is 0.753. The summed E-state index contributed by atoms with van der Waals surface area (Å²) in [6.45, 7) is 1.73. The average molecular weight is 419 g/mol. The van der Waals surface area contributed by atoms with Gasteiger partial charge in [-0.05, 0) is 54.6 Å². The number of fused-ring (bicyclic) bond motifs is 3. The minimum Gasteiger partial charge on any atom is -0.376 e. The number of hydrogen-bond acceptors (Lipinski definition) is 4. The highest BCUT2D eigenvalue weighted by Crippen LogP contribution is 2.46. The summed E-state index contributed by atoms with van der Waals surface area (Å²) in [6.07, 6.45) is 2.28. The number of hydrogen-bond donors (Lipinski definition) is 1. The van der Waals surface area contributed by atoms with E-state index < -0.39 is 0 Å². The summed E-state index contributed by atoms with van der Waals surface area (Å²) in [5.41, 5.74) is 3.43. The largest absolute Gasteiger partial charge is 0.376 e. The minimum atomic E-state index is 0.0243. The molecule has 130 valence electrons. The van der Waals surface area contributed by atoms with Crippen LogP contribution in [0.2, 0.25) is 0 Å². The van der Waals surface area contributed by atoms with E-state index in [2.05, 4.69) is 49.8 Å². The lowest BCUT2D eigenvalue weighted by Gasteiger charge is -2.31. The third kappa shape index (κ3) is 3.71. The molecule has 1 amide bonds. The number of halogens is 1. The van der Waals surface area contributed by atoms with Crippen LogP contribution in [0.4, 0.5) is 5.69 Å². The number of carbonyl (C=O) groups is 1. The molecule has 1 N–H and O–H groups in total. The number of nitrogens with zero attached hydrogens (tertiary/aromatic N) is 1. The van der Waals surface area contributed by atoms with Gasteiger partial charge in [0.05, 0.1) is 11.8 Å². The molecule has 1 unspecified atom stereocenters. The van der Waals surface area contributed by atoms with E-state index in [0.29, 0.717) is 13.1 Å². The van der Waals surface area contributed by atoms with Gasteiger partial charge >= 0.3 is 0 Å². The predicted octanol–water partition coefficient (Wildman–Crippen LogP) is 4.24. The molecule has 2 aromatic carbocycles. The Labute approximate surface area is 160 Å². The van der Waals surface area contributed by atoms with Gasteiger partial charge in [0, 0.05) is 28.1 Å². The van der Waals surface area contributed by atoms with Gasteiger partial charge in [0.1, 0.15) is 6.54 Å². The number of anilines is 1. The Morgan fingerprint density at radius 3 is 3.00 bits per heavy atom. The Hall–Kier alpha value is -1.50. The molecule has 1 saturated heterocycles. The van der Waals surface area contributed by atoms with Crippen molar-refractivity contribution >= 4 is 39.5 Å². The highest BCUT2D eigenvalue weighted by molar-refractivity contribution is 9.10. The molecule has 25 heavy (non-hydrogen) atoms. The van der Waals surface area contributed by atoms with Gasteiger partial charge in [-0.2, -0.15) is 0 Å². The first-order valence-electron chi connectivity index (χ1n) is 8.43. The molecule has 2 aliphatic heterocycles. The van der Waals surface area contributed by atoms with E-state index >= 15 is 0 Å². The molecule has 0 aromatic heterocycles. The summed E-state index contributed by atoms with van der Waals surface area (Å²) < 4.78 is 8.67. The molecule has 2 heterocycles. The summed E-state index contributed by atoms with van der Waals surface area (Å²) in [6, 6.07) is 14.5. The maximum absolute atomic E-state index is 12.4. The van der Waals surface area contributed by atoms with Crippen LogP contribution in [0.15, 0.2) is 51.8 Å². The lowest BCUT2D eigenvalue weighted by atomic mass is 10.0. The fraction of sp³-hybridized carbons (Fsp3) is 0.316. The zero-order chi connectivity index (χ0) is 17.2. The predicted molar refractivity (Wildman–Crippen MR) is 105 cm³/mol. The van der Waals surface area contributed by atoms with Crippen molar-refractivity contribution in [2.24, 2.45) is 0 Å². The van der Waals surface area contributed by atoms with Crippen molar-refractivity contribution in [1.29, 1.82) is 0 Å². The monoisotopic (exact) mass is 418 g/mol. The molecule has 0 radical (unpaired) electrons. The molecule has 0 saturated carbocycles. The minimum absolute atomic E-state index is 0.0243. The van der Waals surface area contributed by atoms with Crippen molar-refractivity contribution in [3.63, 3.8) is 0 Å². The van der Waals surface area contributed by atoms with Gasteiger partial charge in [0.15, 0.2) is 0 Å². The lowest BCUT2D eigenvalue weighted by Crippen LogP contribution is -2.38. The Morgan fingerprint density at radius 1 is 1.28 bits per heavy atom. The van der Waals surface area contributed by atoms with Gasteiger partial charge in [-0.15, -0.1) is 0 Å². The van der Waals surface area contributed by atoms with Crippen LogP contribution in [0.1, 0.15) is 12.8 Å². The molecule has 0 aliphatic carbocycles. The van der Waals surface area contributed by atoms with Crippen LogP contribution < -0.4 is 9.62 Å². The van der Waals surface area contributed by atoms with E-state index in [9.17, 15) is 4.79 Å². The van der Waals surface area contributed by atoms with Gasteiger partial charge in [-0.1, -0.05) is 34.1 Å².